The molecule has 0 spiro atoms. The van der Waals surface area contributed by atoms with E-state index in [2.05, 4.69) is 5.32 Å². The number of benzene rings is 3. The number of nitrogens with one attached hydrogen (secondary N) is 1. The molecule has 1 aliphatic carbocycles. The number of sulfonamides is 1. The Labute approximate surface area is 270 Å². The van der Waals surface area contributed by atoms with Crippen LogP contribution in [0.2, 0.25) is 5.02 Å². The normalized spacial score (nSPS) is 15.3. The molecule has 1 aliphatic heterocycles. The number of anilines is 1. The molecule has 11 heteroatoms. The van der Waals surface area contributed by atoms with Crippen molar-refractivity contribution in [1.29, 1.82) is 0 Å². The van der Waals surface area contributed by atoms with Crippen LogP contribution >= 0.6 is 11.6 Å². The first kappa shape index (κ1) is 32.6. The smallest absolute Gasteiger partial charge is 0.243 e. The Kier molecular flexibility index (Phi) is 10.9. The van der Waals surface area contributed by atoms with E-state index in [1.807, 2.05) is 42.5 Å². The summed E-state index contributed by atoms with van der Waals surface area (Å²) in [5.41, 5.74) is 2.17. The molecule has 1 saturated carbocycles. The number of nitrogens with zero attached hydrogens (tertiary/aromatic N) is 2. The number of amides is 2. The Bertz CT molecular complexity index is 1580. The zero-order chi connectivity index (χ0) is 31.8. The van der Waals surface area contributed by atoms with Crippen LogP contribution in [0.4, 0.5) is 5.69 Å². The van der Waals surface area contributed by atoms with Gasteiger partial charge in [0.1, 0.15) is 6.04 Å². The predicted octanol–water partition coefficient (Wildman–Crippen LogP) is 5.70. The Morgan fingerprint density at radius 1 is 0.933 bits per heavy atom. The van der Waals surface area contributed by atoms with Crippen molar-refractivity contribution < 1.29 is 27.5 Å². The molecule has 2 aliphatic rings. The molecule has 1 fully saturated rings. The highest BCUT2D eigenvalue weighted by molar-refractivity contribution is 7.92. The van der Waals surface area contributed by atoms with Crippen LogP contribution in [0.5, 0.6) is 11.5 Å². The van der Waals surface area contributed by atoms with Crippen LogP contribution in [0, 0.1) is 0 Å². The van der Waals surface area contributed by atoms with Crippen LogP contribution in [0.25, 0.3) is 0 Å². The summed E-state index contributed by atoms with van der Waals surface area (Å²) in [4.78, 5) is 29.7. The zero-order valence-electron chi connectivity index (χ0n) is 25.5. The third-order valence-corrected chi connectivity index (χ3v) is 9.69. The largest absolute Gasteiger partial charge is 0.454 e. The molecule has 3 aromatic carbocycles. The number of carbonyl (C=O) groups excluding carboxylic acids is 2. The maximum Gasteiger partial charge on any atom is 0.243 e. The monoisotopic (exact) mass is 653 g/mol. The summed E-state index contributed by atoms with van der Waals surface area (Å²) >= 11 is 6.30. The van der Waals surface area contributed by atoms with Gasteiger partial charge in [-0.25, -0.2) is 8.42 Å². The maximum absolute atomic E-state index is 14.1. The minimum absolute atomic E-state index is 0.0408. The lowest BCUT2D eigenvalue weighted by molar-refractivity contribution is -0.141. The first-order valence-electron chi connectivity index (χ1n) is 15.4. The maximum atomic E-state index is 14.1. The summed E-state index contributed by atoms with van der Waals surface area (Å²) < 4.78 is 37.7. The molecular weight excluding hydrogens is 614 g/mol. The topological polar surface area (TPSA) is 105 Å². The summed E-state index contributed by atoms with van der Waals surface area (Å²) in [6.07, 6.45) is 6.91. The van der Waals surface area contributed by atoms with E-state index in [1.54, 1.807) is 35.2 Å². The predicted molar refractivity (Wildman–Crippen MR) is 175 cm³/mol. The number of hydrogen-bond donors (Lipinski definition) is 1. The van der Waals surface area contributed by atoms with Crippen LogP contribution in [0.15, 0.2) is 72.8 Å². The van der Waals surface area contributed by atoms with E-state index < -0.39 is 16.1 Å². The quantitative estimate of drug-likeness (QED) is 0.254. The highest BCUT2D eigenvalue weighted by atomic mass is 35.5. The Morgan fingerprint density at radius 2 is 1.67 bits per heavy atom. The zero-order valence-corrected chi connectivity index (χ0v) is 27.1. The molecular formula is C34H40ClN3O6S. The molecule has 1 atom stereocenters. The fourth-order valence-electron chi connectivity index (χ4n) is 5.97. The Balaban J connectivity index is 1.38. The van der Waals surface area contributed by atoms with Crippen molar-refractivity contribution >= 4 is 39.1 Å². The van der Waals surface area contributed by atoms with Crippen LogP contribution in [0.1, 0.15) is 56.1 Å². The summed E-state index contributed by atoms with van der Waals surface area (Å²) in [6, 6.07) is 21.2. The standard InChI is InChI=1S/C34H40ClN3O6S/c1-45(41,42)38(29-17-18-31-32(22-29)44-24-43-31)19-9-16-33(39)37(23-26-12-8-13-27(35)20-26)30(21-25-10-4-2-5-11-25)34(40)36-28-14-6-3-7-15-28/h2,4-5,8,10-13,17-18,20,22,28,30H,3,6-7,9,14-16,19,21,23-24H2,1H3,(H,36,40)/t30-/m0/s1. The highest BCUT2D eigenvalue weighted by Crippen LogP contribution is 2.36. The van der Waals surface area contributed by atoms with Gasteiger partial charge in [0.2, 0.25) is 28.6 Å². The van der Waals surface area contributed by atoms with Crippen molar-refractivity contribution in [3.05, 3.63) is 88.9 Å². The molecule has 240 valence electrons. The second kappa shape index (κ2) is 15.0. The average molecular weight is 654 g/mol. The molecule has 0 radical (unpaired) electrons. The number of carbonyl (C=O) groups is 2. The van der Waals surface area contributed by atoms with Gasteiger partial charge in [-0.05, 0) is 54.7 Å². The van der Waals surface area contributed by atoms with E-state index in [9.17, 15) is 18.0 Å². The number of fused-ring (bicyclic) bond motifs is 1. The van der Waals surface area contributed by atoms with E-state index in [4.69, 9.17) is 21.1 Å². The number of halogens is 1. The van der Waals surface area contributed by atoms with Crippen LogP contribution < -0.4 is 19.1 Å². The van der Waals surface area contributed by atoms with Gasteiger partial charge < -0.3 is 19.7 Å². The molecule has 1 N–H and O–H groups in total. The third kappa shape index (κ3) is 8.92. The summed E-state index contributed by atoms with van der Waals surface area (Å²) in [7, 11) is -3.66. The van der Waals surface area contributed by atoms with Crippen LogP contribution in [0.3, 0.4) is 0 Å². The van der Waals surface area contributed by atoms with E-state index in [0.29, 0.717) is 28.6 Å². The van der Waals surface area contributed by atoms with Gasteiger partial charge in [-0.1, -0.05) is 73.3 Å². The van der Waals surface area contributed by atoms with Gasteiger partial charge in [-0.2, -0.15) is 0 Å². The number of ether oxygens (including phenoxy) is 2. The summed E-state index contributed by atoms with van der Waals surface area (Å²) in [5.74, 6) is 0.598. The fraction of sp³-hybridized carbons (Fsp3) is 0.412. The van der Waals surface area contributed by atoms with Crippen LogP contribution in [-0.2, 0) is 32.6 Å². The minimum Gasteiger partial charge on any atom is -0.454 e. The Morgan fingerprint density at radius 3 is 2.40 bits per heavy atom. The van der Waals surface area contributed by atoms with Crippen molar-refractivity contribution in [2.24, 2.45) is 0 Å². The Hall–Kier alpha value is -3.76. The van der Waals surface area contributed by atoms with E-state index >= 15 is 0 Å². The van der Waals surface area contributed by atoms with Gasteiger partial charge in [0.25, 0.3) is 0 Å². The molecule has 0 aromatic heterocycles. The molecule has 0 unspecified atom stereocenters. The van der Waals surface area contributed by atoms with E-state index in [0.717, 1.165) is 49.5 Å². The molecule has 9 nitrogen and oxygen atoms in total. The van der Waals surface area contributed by atoms with Crippen molar-refractivity contribution in [2.45, 2.75) is 70.0 Å². The van der Waals surface area contributed by atoms with E-state index in [-0.39, 0.29) is 50.6 Å². The molecule has 5 rings (SSSR count). The number of hydrogen-bond acceptors (Lipinski definition) is 6. The van der Waals surface area contributed by atoms with Gasteiger partial charge in [0.05, 0.1) is 11.9 Å². The van der Waals surface area contributed by atoms with Gasteiger partial charge >= 0.3 is 0 Å². The number of rotatable bonds is 13. The lowest BCUT2D eigenvalue weighted by Gasteiger charge is -2.34. The third-order valence-electron chi connectivity index (χ3n) is 8.26. The van der Waals surface area contributed by atoms with Gasteiger partial charge in [-0.3, -0.25) is 13.9 Å². The molecule has 2 amide bonds. The summed E-state index contributed by atoms with van der Waals surface area (Å²) in [6.45, 7) is 0.340. The second-order valence-corrected chi connectivity index (χ2v) is 14.0. The average Bonchev–Trinajstić information content (AvgIpc) is 3.49. The van der Waals surface area contributed by atoms with Crippen molar-refractivity contribution in [2.75, 3.05) is 23.9 Å². The van der Waals surface area contributed by atoms with Crippen molar-refractivity contribution in [1.82, 2.24) is 10.2 Å². The first-order chi connectivity index (χ1) is 21.7. The summed E-state index contributed by atoms with van der Waals surface area (Å²) in [5, 5.41) is 3.78. The van der Waals surface area contributed by atoms with Crippen molar-refractivity contribution in [3.8, 4) is 11.5 Å². The lowest BCUT2D eigenvalue weighted by Crippen LogP contribution is -2.52. The molecule has 1 heterocycles. The van der Waals surface area contributed by atoms with Gasteiger partial charge in [-0.15, -0.1) is 0 Å². The van der Waals surface area contributed by atoms with E-state index in [1.165, 1.54) is 4.31 Å². The van der Waals surface area contributed by atoms with Gasteiger partial charge in [0, 0.05) is 43.1 Å². The lowest BCUT2D eigenvalue weighted by atomic mass is 9.94. The van der Waals surface area contributed by atoms with Crippen molar-refractivity contribution in [3.63, 3.8) is 0 Å². The fourth-order valence-corrected chi connectivity index (χ4v) is 7.14. The van der Waals surface area contributed by atoms with Gasteiger partial charge in [0.15, 0.2) is 11.5 Å². The molecule has 0 bridgehead atoms. The molecule has 3 aromatic rings. The molecule has 45 heavy (non-hydrogen) atoms. The first-order valence-corrected chi connectivity index (χ1v) is 17.7. The second-order valence-electron chi connectivity index (χ2n) is 11.7. The highest BCUT2D eigenvalue weighted by Gasteiger charge is 2.32. The molecule has 0 saturated heterocycles. The SMILES string of the molecule is CS(=O)(=O)N(CCCC(=O)N(Cc1cccc(Cl)c1)[C@@H](Cc1ccccc1)C(=O)NC1CCCCC1)c1ccc2c(c1)OCO2. The van der Waals surface area contributed by atoms with Crippen LogP contribution in [-0.4, -0.2) is 56.8 Å². The minimum atomic E-state index is -3.66.